The third-order valence-corrected chi connectivity index (χ3v) is 3.97. The molecule has 8 heteroatoms. The van der Waals surface area contributed by atoms with Crippen LogP contribution >= 0.6 is 11.8 Å². The zero-order chi connectivity index (χ0) is 18.6. The Labute approximate surface area is 145 Å². The second-order valence-electron chi connectivity index (χ2n) is 5.06. The lowest BCUT2D eigenvalue weighted by molar-refractivity contribution is -0.138. The fourth-order valence-corrected chi connectivity index (χ4v) is 2.79. The molecular weight excluding hydrogens is 360 g/mol. The molecule has 134 valence electrons. The summed E-state index contributed by atoms with van der Waals surface area (Å²) in [5.41, 5.74) is -1.14. The summed E-state index contributed by atoms with van der Waals surface area (Å²) >= 11 is 1.41. The van der Waals surface area contributed by atoms with Crippen molar-refractivity contribution >= 4 is 17.7 Å². The topological polar surface area (TPSA) is 46.5 Å². The molecule has 0 atom stereocenters. The Morgan fingerprint density at radius 2 is 1.92 bits per heavy atom. The van der Waals surface area contributed by atoms with Crippen LogP contribution in [0.4, 0.5) is 17.6 Å². The van der Waals surface area contributed by atoms with Crippen LogP contribution in [0.15, 0.2) is 41.3 Å². The second kappa shape index (κ2) is 7.77. The second-order valence-corrected chi connectivity index (χ2v) is 6.40. The van der Waals surface area contributed by atoms with Gasteiger partial charge in [-0.1, -0.05) is 6.92 Å². The summed E-state index contributed by atoms with van der Waals surface area (Å²) < 4.78 is 58.2. The minimum atomic E-state index is -4.67. The largest absolute Gasteiger partial charge is 0.481 e. The first-order valence-electron chi connectivity index (χ1n) is 7.22. The molecule has 25 heavy (non-hydrogen) atoms. The van der Waals surface area contributed by atoms with Gasteiger partial charge in [-0.2, -0.15) is 13.2 Å². The zero-order valence-corrected chi connectivity index (χ0v) is 13.9. The Morgan fingerprint density at radius 3 is 2.48 bits per heavy atom. The van der Waals surface area contributed by atoms with Crippen LogP contribution in [0, 0.1) is 5.82 Å². The summed E-state index contributed by atoms with van der Waals surface area (Å²) in [4.78, 5) is 11.4. The van der Waals surface area contributed by atoms with Crippen molar-refractivity contribution < 1.29 is 32.2 Å². The smallest absolute Gasteiger partial charge is 0.416 e. The average molecular weight is 374 g/mol. The lowest BCUT2D eigenvalue weighted by atomic mass is 10.1. The Morgan fingerprint density at radius 1 is 1.20 bits per heavy atom. The van der Waals surface area contributed by atoms with Crippen LogP contribution in [-0.2, 0) is 17.4 Å². The Hall–Kier alpha value is -2.22. The molecular formula is C17H14F4O3S. The highest BCUT2D eigenvalue weighted by atomic mass is 32.2. The lowest BCUT2D eigenvalue weighted by Gasteiger charge is -2.13. The van der Waals surface area contributed by atoms with Crippen LogP contribution in [0.25, 0.3) is 0 Å². The fraction of sp³-hybridized carbons (Fsp3) is 0.235. The average Bonchev–Trinajstić information content (AvgIpc) is 2.48. The van der Waals surface area contributed by atoms with Crippen molar-refractivity contribution in [2.24, 2.45) is 0 Å². The molecule has 2 aromatic rings. The fourth-order valence-electron chi connectivity index (χ4n) is 2.11. The number of rotatable bonds is 6. The maximum Gasteiger partial charge on any atom is 0.416 e. The third-order valence-electron chi connectivity index (χ3n) is 3.09. The molecule has 0 amide bonds. The number of carboxylic acid groups (broad SMARTS) is 1. The molecule has 0 aliphatic heterocycles. The van der Waals surface area contributed by atoms with Crippen LogP contribution in [-0.4, -0.2) is 16.8 Å². The molecule has 2 aromatic carbocycles. The normalized spacial score (nSPS) is 11.4. The SMILES string of the molecule is CCSc1ccc(Oc2cc(CC(=O)O)cc(C(F)(F)F)c2)c(F)c1. The predicted octanol–water partition coefficient (Wildman–Crippen LogP) is 5.38. The molecule has 0 radical (unpaired) electrons. The minimum Gasteiger partial charge on any atom is -0.481 e. The number of halogens is 4. The third kappa shape index (κ3) is 5.38. The van der Waals surface area contributed by atoms with Crippen molar-refractivity contribution in [3.8, 4) is 11.5 Å². The summed E-state index contributed by atoms with van der Waals surface area (Å²) in [7, 11) is 0. The molecule has 0 heterocycles. The number of hydrogen-bond donors (Lipinski definition) is 1. The standard InChI is InChI=1S/C17H14F4O3S/c1-2-25-13-3-4-15(14(18)9-13)24-12-6-10(7-16(22)23)5-11(8-12)17(19,20)21/h3-6,8-9H,2,7H2,1H3,(H,22,23). The quantitative estimate of drug-likeness (QED) is 0.545. The van der Waals surface area contributed by atoms with Crippen LogP contribution in [0.3, 0.4) is 0 Å². The van der Waals surface area contributed by atoms with Crippen LogP contribution in [0.5, 0.6) is 11.5 Å². The van der Waals surface area contributed by atoms with Gasteiger partial charge in [0, 0.05) is 4.90 Å². The highest BCUT2D eigenvalue weighted by molar-refractivity contribution is 7.99. The van der Waals surface area contributed by atoms with E-state index >= 15 is 0 Å². The molecule has 0 bridgehead atoms. The number of carbonyl (C=O) groups is 1. The van der Waals surface area contributed by atoms with Gasteiger partial charge >= 0.3 is 12.1 Å². The minimum absolute atomic E-state index is 0.0871. The Balaban J connectivity index is 2.36. The molecule has 2 rings (SSSR count). The van der Waals surface area contributed by atoms with Crippen molar-refractivity contribution in [3.05, 3.63) is 53.3 Å². The van der Waals surface area contributed by atoms with E-state index in [2.05, 4.69) is 0 Å². The van der Waals surface area contributed by atoms with Gasteiger partial charge in [0.1, 0.15) is 5.75 Å². The van der Waals surface area contributed by atoms with Gasteiger partial charge < -0.3 is 9.84 Å². The number of hydrogen-bond acceptors (Lipinski definition) is 3. The van der Waals surface area contributed by atoms with Gasteiger partial charge in [-0.05, 0) is 47.7 Å². The van der Waals surface area contributed by atoms with Crippen LogP contribution < -0.4 is 4.74 Å². The maximum atomic E-state index is 14.0. The maximum absolute atomic E-state index is 14.0. The molecule has 0 saturated heterocycles. The van der Waals surface area contributed by atoms with Crippen molar-refractivity contribution in [3.63, 3.8) is 0 Å². The summed E-state index contributed by atoms with van der Waals surface area (Å²) in [5, 5.41) is 8.78. The van der Waals surface area contributed by atoms with Gasteiger partial charge in [-0.25, -0.2) is 4.39 Å². The highest BCUT2D eigenvalue weighted by Gasteiger charge is 2.31. The van der Waals surface area contributed by atoms with Gasteiger partial charge in [0.15, 0.2) is 11.6 Å². The van der Waals surface area contributed by atoms with E-state index in [9.17, 15) is 22.4 Å². The number of benzene rings is 2. The summed E-state index contributed by atoms with van der Waals surface area (Å²) in [5.74, 6) is -1.76. The van der Waals surface area contributed by atoms with Gasteiger partial charge in [-0.15, -0.1) is 11.8 Å². The number of aliphatic carboxylic acids is 1. The molecule has 0 aliphatic carbocycles. The van der Waals surface area contributed by atoms with E-state index in [0.717, 1.165) is 17.9 Å². The molecule has 0 saturated carbocycles. The molecule has 0 aromatic heterocycles. The first-order chi connectivity index (χ1) is 11.7. The Bertz CT molecular complexity index is 775. The summed E-state index contributed by atoms with van der Waals surface area (Å²) in [6.45, 7) is 1.90. The summed E-state index contributed by atoms with van der Waals surface area (Å²) in [6, 6.07) is 6.74. The van der Waals surface area contributed by atoms with E-state index in [-0.39, 0.29) is 17.1 Å². The van der Waals surface area contributed by atoms with Gasteiger partial charge in [0.25, 0.3) is 0 Å². The van der Waals surface area contributed by atoms with Crippen molar-refractivity contribution in [1.29, 1.82) is 0 Å². The first kappa shape index (κ1) is 19.1. The lowest BCUT2D eigenvalue weighted by Crippen LogP contribution is -2.08. The molecule has 0 aliphatic rings. The predicted molar refractivity (Wildman–Crippen MR) is 85.7 cm³/mol. The monoisotopic (exact) mass is 374 g/mol. The molecule has 1 N–H and O–H groups in total. The van der Waals surface area contributed by atoms with Gasteiger partial charge in [-0.3, -0.25) is 4.79 Å². The summed E-state index contributed by atoms with van der Waals surface area (Å²) in [6.07, 6.45) is -5.28. The van der Waals surface area contributed by atoms with Gasteiger partial charge in [0.05, 0.1) is 12.0 Å². The van der Waals surface area contributed by atoms with E-state index in [4.69, 9.17) is 9.84 Å². The number of alkyl halides is 3. The number of carboxylic acids is 1. The number of thioether (sulfide) groups is 1. The van der Waals surface area contributed by atoms with E-state index in [0.29, 0.717) is 11.0 Å². The van der Waals surface area contributed by atoms with E-state index < -0.39 is 29.9 Å². The Kier molecular flexibility index (Phi) is 5.94. The zero-order valence-electron chi connectivity index (χ0n) is 13.1. The molecule has 0 unspecified atom stereocenters. The van der Waals surface area contributed by atoms with Gasteiger partial charge in [0.2, 0.25) is 0 Å². The van der Waals surface area contributed by atoms with E-state index in [1.807, 2.05) is 6.92 Å². The van der Waals surface area contributed by atoms with E-state index in [1.54, 1.807) is 6.07 Å². The number of ether oxygens (including phenoxy) is 1. The first-order valence-corrected chi connectivity index (χ1v) is 8.20. The molecule has 0 spiro atoms. The van der Waals surface area contributed by atoms with Crippen LogP contribution in [0.1, 0.15) is 18.1 Å². The van der Waals surface area contributed by atoms with Crippen molar-refractivity contribution in [2.75, 3.05) is 5.75 Å². The van der Waals surface area contributed by atoms with Crippen molar-refractivity contribution in [2.45, 2.75) is 24.4 Å². The van der Waals surface area contributed by atoms with E-state index in [1.165, 1.54) is 23.9 Å². The molecule has 0 fully saturated rings. The van der Waals surface area contributed by atoms with Crippen molar-refractivity contribution in [1.82, 2.24) is 0 Å². The highest BCUT2D eigenvalue weighted by Crippen LogP contribution is 2.35. The molecule has 3 nitrogen and oxygen atoms in total. The van der Waals surface area contributed by atoms with Crippen LogP contribution in [0.2, 0.25) is 0 Å².